The van der Waals surface area contributed by atoms with Crippen molar-refractivity contribution >= 4 is 34.7 Å². The Hall–Kier alpha value is -1.82. The van der Waals surface area contributed by atoms with Crippen LogP contribution in [-0.2, 0) is 11.3 Å². The summed E-state index contributed by atoms with van der Waals surface area (Å²) in [7, 11) is 1.39. The smallest absolute Gasteiger partial charge is 0.288 e. The number of ether oxygens (including phenoxy) is 2. The molecule has 0 aliphatic heterocycles. The van der Waals surface area contributed by atoms with Crippen LogP contribution in [0.5, 0.6) is 5.75 Å². The van der Waals surface area contributed by atoms with E-state index in [9.17, 15) is 5.21 Å². The Morgan fingerprint density at radius 2 is 1.90 bits per heavy atom. The van der Waals surface area contributed by atoms with Gasteiger partial charge in [-0.15, -0.1) is 0 Å². The summed E-state index contributed by atoms with van der Waals surface area (Å²) in [6.07, 6.45) is 0. The highest BCUT2D eigenvalue weighted by molar-refractivity contribution is 7.80. The summed E-state index contributed by atoms with van der Waals surface area (Å²) in [5.74, 6) is 0.710. The first kappa shape index (κ1) is 15.6. The molecule has 0 aliphatic rings. The van der Waals surface area contributed by atoms with E-state index in [-0.39, 0.29) is 11.8 Å². The Labute approximate surface area is 133 Å². The number of methoxy groups -OCH3 is 1. The lowest BCUT2D eigenvalue weighted by Crippen LogP contribution is -2.27. The Balaban J connectivity index is 2.24. The van der Waals surface area contributed by atoms with Crippen LogP contribution in [0.2, 0.25) is 5.02 Å². The lowest BCUT2D eigenvalue weighted by Gasteiger charge is -2.20. The minimum Gasteiger partial charge on any atom is -0.489 e. The van der Waals surface area contributed by atoms with Gasteiger partial charge in [-0.2, -0.15) is 5.06 Å². The number of anilines is 1. The summed E-state index contributed by atoms with van der Waals surface area (Å²) in [4.78, 5) is 0. The van der Waals surface area contributed by atoms with E-state index in [1.807, 2.05) is 30.3 Å². The highest BCUT2D eigenvalue weighted by Gasteiger charge is 2.16. The Bertz CT molecular complexity index is 622. The minimum absolute atomic E-state index is 0.0711. The van der Waals surface area contributed by atoms with Crippen LogP contribution in [0.15, 0.2) is 48.5 Å². The van der Waals surface area contributed by atoms with Crippen LogP contribution in [0.4, 0.5) is 5.69 Å². The maximum atomic E-state index is 10.0. The van der Waals surface area contributed by atoms with Crippen LogP contribution in [0.1, 0.15) is 5.56 Å². The number of halogens is 1. The summed E-state index contributed by atoms with van der Waals surface area (Å²) in [5.41, 5.74) is 1.04. The second-order valence-corrected chi connectivity index (χ2v) is 4.88. The van der Waals surface area contributed by atoms with Crippen molar-refractivity contribution in [2.45, 2.75) is 6.61 Å². The maximum Gasteiger partial charge on any atom is 0.288 e. The normalized spacial score (nSPS) is 10.0. The molecular formula is C15H14ClNO3S. The average Bonchev–Trinajstić information content (AvgIpc) is 2.53. The molecule has 2 rings (SSSR count). The quantitative estimate of drug-likeness (QED) is 0.679. The Kier molecular flexibility index (Phi) is 5.38. The zero-order chi connectivity index (χ0) is 15.2. The van der Waals surface area contributed by atoms with E-state index in [4.69, 9.17) is 33.3 Å². The molecule has 0 fully saturated rings. The zero-order valence-electron chi connectivity index (χ0n) is 11.3. The highest BCUT2D eigenvalue weighted by Crippen LogP contribution is 2.28. The minimum atomic E-state index is -0.0711. The van der Waals surface area contributed by atoms with Crippen LogP contribution in [0.25, 0.3) is 0 Å². The first-order valence-corrected chi connectivity index (χ1v) is 6.94. The van der Waals surface area contributed by atoms with Gasteiger partial charge in [0, 0.05) is 10.6 Å². The fraction of sp³-hybridized carbons (Fsp3) is 0.133. The van der Waals surface area contributed by atoms with E-state index in [0.717, 1.165) is 5.06 Å². The number of nitrogens with zero attached hydrogens (tertiary/aromatic N) is 1. The van der Waals surface area contributed by atoms with Gasteiger partial charge in [0.2, 0.25) is 0 Å². The van der Waals surface area contributed by atoms with E-state index in [1.165, 1.54) is 7.11 Å². The molecule has 0 radical (unpaired) electrons. The maximum absolute atomic E-state index is 10.0. The van der Waals surface area contributed by atoms with Gasteiger partial charge in [-0.1, -0.05) is 35.9 Å². The van der Waals surface area contributed by atoms with Crippen molar-refractivity contribution in [2.24, 2.45) is 0 Å². The van der Waals surface area contributed by atoms with Crippen molar-refractivity contribution < 1.29 is 14.7 Å². The summed E-state index contributed by atoms with van der Waals surface area (Å²) >= 11 is 11.1. The van der Waals surface area contributed by atoms with Crippen molar-refractivity contribution in [1.82, 2.24) is 0 Å². The summed E-state index contributed by atoms with van der Waals surface area (Å²) < 4.78 is 10.5. The number of para-hydroxylation sites is 1. The molecule has 0 spiro atoms. The molecule has 21 heavy (non-hydrogen) atoms. The van der Waals surface area contributed by atoms with Gasteiger partial charge in [-0.25, -0.2) is 0 Å². The van der Waals surface area contributed by atoms with Gasteiger partial charge in [-0.05, 0) is 36.5 Å². The number of benzene rings is 2. The summed E-state index contributed by atoms with van der Waals surface area (Å²) in [5, 5.41) is 11.2. The largest absolute Gasteiger partial charge is 0.489 e. The van der Waals surface area contributed by atoms with Crippen LogP contribution >= 0.6 is 23.8 Å². The van der Waals surface area contributed by atoms with Gasteiger partial charge in [-0.3, -0.25) is 5.21 Å². The molecule has 110 valence electrons. The van der Waals surface area contributed by atoms with Crippen molar-refractivity contribution in [2.75, 3.05) is 12.2 Å². The third-order valence-electron chi connectivity index (χ3n) is 2.80. The molecular weight excluding hydrogens is 310 g/mol. The van der Waals surface area contributed by atoms with E-state index >= 15 is 0 Å². The van der Waals surface area contributed by atoms with E-state index in [1.54, 1.807) is 18.2 Å². The molecule has 0 bridgehead atoms. The number of hydrogen-bond acceptors (Lipinski definition) is 4. The molecule has 0 saturated heterocycles. The Morgan fingerprint density at radius 1 is 1.19 bits per heavy atom. The summed E-state index contributed by atoms with van der Waals surface area (Å²) in [6, 6.07) is 14.5. The third kappa shape index (κ3) is 3.85. The lowest BCUT2D eigenvalue weighted by molar-refractivity contribution is 0.264. The second kappa shape index (κ2) is 7.26. The SMILES string of the molecule is COC(=S)N(O)c1cccc(Cl)c1COc1ccccc1. The molecule has 6 heteroatoms. The fourth-order valence-corrected chi connectivity index (χ4v) is 2.07. The molecule has 0 saturated carbocycles. The molecule has 0 unspecified atom stereocenters. The molecule has 2 aromatic rings. The highest BCUT2D eigenvalue weighted by atomic mass is 35.5. The van der Waals surface area contributed by atoms with Crippen molar-refractivity contribution in [1.29, 1.82) is 0 Å². The molecule has 0 aromatic heterocycles. The average molecular weight is 324 g/mol. The van der Waals surface area contributed by atoms with E-state index in [0.29, 0.717) is 22.0 Å². The number of rotatable bonds is 4. The third-order valence-corrected chi connectivity index (χ3v) is 3.49. The standard InChI is InChI=1S/C15H14ClNO3S/c1-19-15(21)17(18)14-9-5-8-13(16)12(14)10-20-11-6-3-2-4-7-11/h2-9,18H,10H2,1H3. The van der Waals surface area contributed by atoms with Crippen molar-refractivity contribution in [3.8, 4) is 5.75 Å². The molecule has 1 N–H and O–H groups in total. The Morgan fingerprint density at radius 3 is 2.57 bits per heavy atom. The molecule has 0 amide bonds. The molecule has 0 heterocycles. The molecule has 4 nitrogen and oxygen atoms in total. The van der Waals surface area contributed by atoms with Gasteiger partial charge in [0.05, 0.1) is 12.8 Å². The van der Waals surface area contributed by atoms with Crippen LogP contribution in [-0.4, -0.2) is 17.5 Å². The van der Waals surface area contributed by atoms with Crippen LogP contribution < -0.4 is 9.80 Å². The van der Waals surface area contributed by atoms with Crippen molar-refractivity contribution in [3.63, 3.8) is 0 Å². The number of hydroxylamine groups is 1. The summed E-state index contributed by atoms with van der Waals surface area (Å²) in [6.45, 7) is 0.197. The fourth-order valence-electron chi connectivity index (χ4n) is 1.75. The first-order chi connectivity index (χ1) is 10.1. The van der Waals surface area contributed by atoms with Gasteiger partial charge < -0.3 is 9.47 Å². The zero-order valence-corrected chi connectivity index (χ0v) is 12.9. The van der Waals surface area contributed by atoms with E-state index in [2.05, 4.69) is 0 Å². The van der Waals surface area contributed by atoms with E-state index < -0.39 is 0 Å². The molecule has 2 aromatic carbocycles. The second-order valence-electron chi connectivity index (χ2n) is 4.12. The monoisotopic (exact) mass is 323 g/mol. The number of hydrogen-bond donors (Lipinski definition) is 1. The van der Waals surface area contributed by atoms with Gasteiger partial charge in [0.1, 0.15) is 12.4 Å². The lowest BCUT2D eigenvalue weighted by atomic mass is 10.2. The molecule has 0 aliphatic carbocycles. The first-order valence-electron chi connectivity index (χ1n) is 6.15. The number of thiocarbonyl (C=S) groups is 1. The van der Waals surface area contributed by atoms with Crippen molar-refractivity contribution in [3.05, 3.63) is 59.1 Å². The predicted octanol–water partition coefficient (Wildman–Crippen LogP) is 4.05. The van der Waals surface area contributed by atoms with Gasteiger partial charge in [0.25, 0.3) is 5.17 Å². The van der Waals surface area contributed by atoms with Gasteiger partial charge in [0.15, 0.2) is 0 Å². The van der Waals surface area contributed by atoms with Crippen LogP contribution in [0.3, 0.4) is 0 Å². The topological polar surface area (TPSA) is 41.9 Å². The molecule has 0 atom stereocenters. The predicted molar refractivity (Wildman–Crippen MR) is 86.1 cm³/mol. The van der Waals surface area contributed by atoms with Crippen LogP contribution in [0, 0.1) is 0 Å². The van der Waals surface area contributed by atoms with Gasteiger partial charge >= 0.3 is 0 Å².